The molecule has 1 amide bonds. The summed E-state index contributed by atoms with van der Waals surface area (Å²) >= 11 is 1.83. The van der Waals surface area contributed by atoms with Crippen LogP contribution in [0.2, 0.25) is 0 Å². The monoisotopic (exact) mass is 388 g/mol. The van der Waals surface area contributed by atoms with Crippen molar-refractivity contribution in [3.05, 3.63) is 39.9 Å². The van der Waals surface area contributed by atoms with Crippen molar-refractivity contribution in [2.75, 3.05) is 33.7 Å². The van der Waals surface area contributed by atoms with Gasteiger partial charge in [-0.3, -0.25) is 9.59 Å². The topological polar surface area (TPSA) is 69.3 Å². The molecule has 2 heterocycles. The molecule has 0 atom stereocenters. The van der Waals surface area contributed by atoms with Crippen molar-refractivity contribution in [1.29, 1.82) is 0 Å². The van der Waals surface area contributed by atoms with E-state index in [1.165, 1.54) is 0 Å². The van der Waals surface area contributed by atoms with Crippen molar-refractivity contribution >= 4 is 28.6 Å². The van der Waals surface area contributed by atoms with Crippen LogP contribution in [-0.4, -0.2) is 64.7 Å². The third-order valence-electron chi connectivity index (χ3n) is 5.01. The fourth-order valence-corrected chi connectivity index (χ4v) is 4.44. The van der Waals surface area contributed by atoms with E-state index in [-0.39, 0.29) is 11.5 Å². The second-order valence-corrected chi connectivity index (χ2v) is 8.72. The maximum atomic E-state index is 12.3. The van der Waals surface area contributed by atoms with Crippen molar-refractivity contribution in [1.82, 2.24) is 19.8 Å². The molecule has 1 fully saturated rings. The van der Waals surface area contributed by atoms with Gasteiger partial charge in [-0.25, -0.2) is 4.98 Å². The number of carbonyl (C=O) groups excluding carboxylic acids is 1. The van der Waals surface area contributed by atoms with Gasteiger partial charge in [0, 0.05) is 31.3 Å². The van der Waals surface area contributed by atoms with Gasteiger partial charge in [-0.2, -0.15) is 11.8 Å². The molecule has 146 valence electrons. The van der Waals surface area contributed by atoms with Gasteiger partial charge < -0.3 is 14.8 Å². The molecule has 0 aliphatic carbocycles. The number of benzene rings is 1. The van der Waals surface area contributed by atoms with Gasteiger partial charge in [0.1, 0.15) is 5.82 Å². The molecule has 2 aromatic rings. The number of rotatable bonds is 6. The fourth-order valence-electron chi connectivity index (χ4n) is 3.37. The Morgan fingerprint density at radius 2 is 2.07 bits per heavy atom. The summed E-state index contributed by atoms with van der Waals surface area (Å²) in [6.07, 6.45) is 2.58. The highest BCUT2D eigenvalue weighted by Crippen LogP contribution is 2.26. The van der Waals surface area contributed by atoms with E-state index in [1.807, 2.05) is 60.8 Å². The van der Waals surface area contributed by atoms with Crippen molar-refractivity contribution in [2.24, 2.45) is 0 Å². The maximum absolute atomic E-state index is 12.3. The second-order valence-electron chi connectivity index (χ2n) is 7.43. The van der Waals surface area contributed by atoms with Gasteiger partial charge in [0.25, 0.3) is 5.56 Å². The number of nitrogens with zero attached hydrogens (tertiary/aromatic N) is 3. The Bertz CT molecular complexity index is 857. The summed E-state index contributed by atoms with van der Waals surface area (Å²) in [4.78, 5) is 36.1. The number of H-pyrrole nitrogens is 1. The molecule has 7 heteroatoms. The average molecular weight is 389 g/mol. The minimum Gasteiger partial charge on any atom is -0.343 e. The first-order valence-corrected chi connectivity index (χ1v) is 10.5. The summed E-state index contributed by atoms with van der Waals surface area (Å²) in [5.74, 6) is 1.68. The number of fused-ring (bicyclic) bond motifs is 1. The van der Waals surface area contributed by atoms with Crippen LogP contribution in [0.25, 0.3) is 10.9 Å². The molecule has 1 saturated heterocycles. The van der Waals surface area contributed by atoms with E-state index in [4.69, 9.17) is 0 Å². The van der Waals surface area contributed by atoms with Crippen LogP contribution in [0.15, 0.2) is 23.0 Å². The van der Waals surface area contributed by atoms with Gasteiger partial charge in [0.05, 0.1) is 16.7 Å². The van der Waals surface area contributed by atoms with Crippen LogP contribution in [0.4, 0.5) is 0 Å². The van der Waals surface area contributed by atoms with Crippen molar-refractivity contribution in [2.45, 2.75) is 37.2 Å². The third kappa shape index (κ3) is 5.11. The number of piperidine rings is 1. The minimum absolute atomic E-state index is 0.0689. The lowest BCUT2D eigenvalue weighted by molar-refractivity contribution is -0.132. The van der Waals surface area contributed by atoms with Gasteiger partial charge in [0.15, 0.2) is 0 Å². The zero-order valence-corrected chi connectivity index (χ0v) is 17.1. The second kappa shape index (κ2) is 8.89. The molecule has 0 saturated carbocycles. The van der Waals surface area contributed by atoms with Crippen LogP contribution < -0.4 is 5.56 Å². The van der Waals surface area contributed by atoms with Gasteiger partial charge >= 0.3 is 0 Å². The first-order chi connectivity index (χ1) is 12.9. The van der Waals surface area contributed by atoms with Crippen molar-refractivity contribution in [3.8, 4) is 0 Å². The molecule has 0 radical (unpaired) electrons. The molecule has 3 rings (SSSR count). The van der Waals surface area contributed by atoms with Gasteiger partial charge in [-0.1, -0.05) is 12.1 Å². The predicted octanol–water partition coefficient (Wildman–Crippen LogP) is 2.41. The molecule has 1 N–H and O–H groups in total. The lowest BCUT2D eigenvalue weighted by atomic mass is 10.1. The number of aromatic nitrogens is 2. The Kier molecular flexibility index (Phi) is 6.55. The number of nitrogens with one attached hydrogen (secondary N) is 1. The number of thioether (sulfide) groups is 1. The largest absolute Gasteiger partial charge is 0.343 e. The highest BCUT2D eigenvalue weighted by molar-refractivity contribution is 7.99. The zero-order chi connectivity index (χ0) is 19.4. The lowest BCUT2D eigenvalue weighted by Gasteiger charge is -2.32. The van der Waals surface area contributed by atoms with Gasteiger partial charge in [-0.05, 0) is 45.5 Å². The molecule has 1 aliphatic rings. The predicted molar refractivity (Wildman–Crippen MR) is 111 cm³/mol. The Morgan fingerprint density at radius 1 is 1.33 bits per heavy atom. The molecule has 0 unspecified atom stereocenters. The summed E-state index contributed by atoms with van der Waals surface area (Å²) in [7, 11) is 3.98. The van der Waals surface area contributed by atoms with Crippen LogP contribution in [0.1, 0.15) is 30.7 Å². The Hall–Kier alpha value is -1.86. The number of hydrogen-bond donors (Lipinski definition) is 1. The van der Waals surface area contributed by atoms with Crippen LogP contribution in [0.3, 0.4) is 0 Å². The fraction of sp³-hybridized carbons (Fsp3) is 0.550. The average Bonchev–Trinajstić information content (AvgIpc) is 2.66. The number of para-hydroxylation sites is 1. The number of aryl methyl sites for hydroxylation is 1. The SMILES string of the molecule is Cc1cccc2c(=O)[nH]c(CSC3CCN(C(=O)CCN(C)C)CC3)nc12. The van der Waals surface area contributed by atoms with Crippen LogP contribution in [0.5, 0.6) is 0 Å². The molecule has 6 nitrogen and oxygen atoms in total. The van der Waals surface area contributed by atoms with Crippen LogP contribution in [0, 0.1) is 6.92 Å². The first-order valence-electron chi connectivity index (χ1n) is 9.46. The lowest BCUT2D eigenvalue weighted by Crippen LogP contribution is -2.40. The standard InChI is InChI=1S/C20H28N4O2S/c1-14-5-4-6-16-19(14)21-17(22-20(16)26)13-27-15-7-11-24(12-8-15)18(25)9-10-23(2)3/h4-6,15H,7-13H2,1-3H3,(H,21,22,26). The summed E-state index contributed by atoms with van der Waals surface area (Å²) in [5, 5.41) is 1.15. The smallest absolute Gasteiger partial charge is 0.258 e. The van der Waals surface area contributed by atoms with E-state index in [0.717, 1.165) is 49.4 Å². The van der Waals surface area contributed by atoms with E-state index in [0.29, 0.717) is 22.8 Å². The van der Waals surface area contributed by atoms with Gasteiger partial charge in [-0.15, -0.1) is 0 Å². The Morgan fingerprint density at radius 3 is 2.78 bits per heavy atom. The van der Waals surface area contributed by atoms with Crippen molar-refractivity contribution < 1.29 is 4.79 Å². The molecule has 1 aromatic heterocycles. The third-order valence-corrected chi connectivity index (χ3v) is 6.39. The normalized spacial score (nSPS) is 15.6. The summed E-state index contributed by atoms with van der Waals surface area (Å²) in [5.41, 5.74) is 1.74. The molecule has 0 bridgehead atoms. The zero-order valence-electron chi connectivity index (χ0n) is 16.3. The number of aromatic amines is 1. The quantitative estimate of drug-likeness (QED) is 0.823. The van der Waals surface area contributed by atoms with E-state index in [1.54, 1.807) is 0 Å². The van der Waals surface area contributed by atoms with Crippen LogP contribution >= 0.6 is 11.8 Å². The summed E-state index contributed by atoms with van der Waals surface area (Å²) in [6.45, 7) is 4.43. The molecule has 27 heavy (non-hydrogen) atoms. The first kappa shape index (κ1) is 19.9. The van der Waals surface area contributed by atoms with E-state index >= 15 is 0 Å². The number of carbonyl (C=O) groups is 1. The van der Waals surface area contributed by atoms with Crippen LogP contribution in [-0.2, 0) is 10.5 Å². The molecular formula is C20H28N4O2S. The number of amides is 1. The molecular weight excluding hydrogens is 360 g/mol. The van der Waals surface area contributed by atoms with E-state index in [9.17, 15) is 9.59 Å². The maximum Gasteiger partial charge on any atom is 0.258 e. The Labute approximate surface area is 164 Å². The minimum atomic E-state index is -0.0689. The van der Waals surface area contributed by atoms with Gasteiger partial charge in [0.2, 0.25) is 5.91 Å². The van der Waals surface area contributed by atoms with E-state index in [2.05, 4.69) is 9.97 Å². The number of likely N-dealkylation sites (tertiary alicyclic amines) is 1. The number of hydrogen-bond acceptors (Lipinski definition) is 5. The highest BCUT2D eigenvalue weighted by atomic mass is 32.2. The van der Waals surface area contributed by atoms with E-state index < -0.39 is 0 Å². The molecule has 1 aromatic carbocycles. The summed E-state index contributed by atoms with van der Waals surface area (Å²) in [6, 6.07) is 5.68. The Balaban J connectivity index is 1.53. The molecule has 0 spiro atoms. The highest BCUT2D eigenvalue weighted by Gasteiger charge is 2.23. The summed E-state index contributed by atoms with van der Waals surface area (Å²) < 4.78 is 0. The van der Waals surface area contributed by atoms with Crippen molar-refractivity contribution in [3.63, 3.8) is 0 Å². The molecule has 1 aliphatic heterocycles.